The zero-order valence-electron chi connectivity index (χ0n) is 8.83. The van der Waals surface area contributed by atoms with Crippen LogP contribution in [0.15, 0.2) is 11.4 Å². The average Bonchev–Trinajstić information content (AvgIpc) is 2.64. The smallest absolute Gasteiger partial charge is 0.262 e. The fourth-order valence-electron chi connectivity index (χ4n) is 1.14. The molecule has 0 saturated carbocycles. The fraction of sp³-hybridized carbons (Fsp3) is 0.500. The van der Waals surface area contributed by atoms with E-state index in [1.54, 1.807) is 18.6 Å². The Morgan fingerprint density at radius 1 is 1.69 bits per heavy atom. The summed E-state index contributed by atoms with van der Waals surface area (Å²) in [6.45, 7) is 1.00. The second-order valence-electron chi connectivity index (χ2n) is 3.19. The number of halogens is 2. The number of thiophene rings is 1. The molecule has 0 fully saturated rings. The molecule has 3 nitrogen and oxygen atoms in total. The van der Waals surface area contributed by atoms with Gasteiger partial charge in [-0.1, -0.05) is 11.6 Å². The van der Waals surface area contributed by atoms with E-state index in [1.165, 1.54) is 11.3 Å². The van der Waals surface area contributed by atoms with E-state index in [9.17, 15) is 4.79 Å². The van der Waals surface area contributed by atoms with E-state index in [1.807, 2.05) is 0 Å². The number of methoxy groups -OCH3 is 1. The average molecular weight is 282 g/mol. The summed E-state index contributed by atoms with van der Waals surface area (Å²) in [5.74, 6) is -0.152. The van der Waals surface area contributed by atoms with E-state index in [0.717, 1.165) is 0 Å². The first-order valence-corrected chi connectivity index (χ1v) is 6.48. The molecule has 16 heavy (non-hydrogen) atoms. The second-order valence-corrected chi connectivity index (χ2v) is 5.14. The predicted octanol–water partition coefficient (Wildman–Crippen LogP) is 2.78. The lowest BCUT2D eigenvalue weighted by molar-refractivity contribution is 0.0956. The lowest BCUT2D eigenvalue weighted by Gasteiger charge is -2.08. The Balaban J connectivity index is 2.29. The highest BCUT2D eigenvalue weighted by molar-refractivity contribution is 7.12. The summed E-state index contributed by atoms with van der Waals surface area (Å²) in [5, 5.41) is 4.95. The molecule has 1 N–H and O–H groups in total. The van der Waals surface area contributed by atoms with Crippen LogP contribution in [0.4, 0.5) is 0 Å². The van der Waals surface area contributed by atoms with Crippen molar-refractivity contribution in [2.45, 2.75) is 11.8 Å². The van der Waals surface area contributed by atoms with E-state index < -0.39 is 0 Å². The van der Waals surface area contributed by atoms with Crippen molar-refractivity contribution in [1.29, 1.82) is 0 Å². The topological polar surface area (TPSA) is 38.3 Å². The van der Waals surface area contributed by atoms with Gasteiger partial charge in [0.15, 0.2) is 0 Å². The van der Waals surface area contributed by atoms with E-state index in [2.05, 4.69) is 5.32 Å². The Morgan fingerprint density at radius 2 is 2.44 bits per heavy atom. The molecule has 1 amide bonds. The molecule has 1 aromatic rings. The summed E-state index contributed by atoms with van der Waals surface area (Å²) in [7, 11) is 1.60. The maximum Gasteiger partial charge on any atom is 0.262 e. The molecule has 0 aromatic carbocycles. The Bertz CT molecular complexity index is 343. The van der Waals surface area contributed by atoms with Gasteiger partial charge in [0.25, 0.3) is 5.91 Å². The van der Waals surface area contributed by atoms with Gasteiger partial charge >= 0.3 is 0 Å². The van der Waals surface area contributed by atoms with Gasteiger partial charge in [-0.3, -0.25) is 4.79 Å². The highest BCUT2D eigenvalue weighted by atomic mass is 35.5. The Labute approximate surface area is 109 Å². The number of alkyl halides is 1. The van der Waals surface area contributed by atoms with Gasteiger partial charge in [0, 0.05) is 13.7 Å². The monoisotopic (exact) mass is 281 g/mol. The summed E-state index contributed by atoms with van der Waals surface area (Å²) in [6, 6.07) is 1.70. The lowest BCUT2D eigenvalue weighted by atomic mass is 10.3. The normalized spacial score (nSPS) is 12.4. The van der Waals surface area contributed by atoms with Gasteiger partial charge < -0.3 is 10.1 Å². The van der Waals surface area contributed by atoms with Crippen LogP contribution in [-0.2, 0) is 4.74 Å². The molecule has 1 heterocycles. The van der Waals surface area contributed by atoms with Crippen LogP contribution in [0, 0.1) is 0 Å². The summed E-state index contributed by atoms with van der Waals surface area (Å²) in [6.07, 6.45) is 0.671. The number of amides is 1. The molecule has 0 radical (unpaired) electrons. The quantitative estimate of drug-likeness (QED) is 0.815. The fourth-order valence-corrected chi connectivity index (χ4v) is 2.43. The third kappa shape index (κ3) is 4.29. The standard InChI is InChI=1S/C10H13Cl2NO2S/c1-15-6-7(11)2-4-13-10(14)9-8(12)3-5-16-9/h3,5,7H,2,4,6H2,1H3,(H,13,14). The Morgan fingerprint density at radius 3 is 3.00 bits per heavy atom. The largest absolute Gasteiger partial charge is 0.383 e. The van der Waals surface area contributed by atoms with Crippen LogP contribution >= 0.6 is 34.5 Å². The van der Waals surface area contributed by atoms with Crippen molar-refractivity contribution in [3.63, 3.8) is 0 Å². The van der Waals surface area contributed by atoms with Crippen LogP contribution in [0.5, 0.6) is 0 Å². The summed E-state index contributed by atoms with van der Waals surface area (Å²) in [4.78, 5) is 12.1. The van der Waals surface area contributed by atoms with Crippen LogP contribution in [0.3, 0.4) is 0 Å². The van der Waals surface area contributed by atoms with Crippen LogP contribution in [0.2, 0.25) is 5.02 Å². The van der Waals surface area contributed by atoms with Crippen molar-refractivity contribution in [1.82, 2.24) is 5.32 Å². The molecule has 0 saturated heterocycles. The first kappa shape index (κ1) is 13.8. The van der Waals surface area contributed by atoms with E-state index in [-0.39, 0.29) is 11.3 Å². The van der Waals surface area contributed by atoms with Gasteiger partial charge in [-0.2, -0.15) is 0 Å². The molecular weight excluding hydrogens is 269 g/mol. The van der Waals surface area contributed by atoms with Crippen LogP contribution in [0.25, 0.3) is 0 Å². The van der Waals surface area contributed by atoms with Crippen molar-refractivity contribution in [2.24, 2.45) is 0 Å². The van der Waals surface area contributed by atoms with Gasteiger partial charge in [-0.25, -0.2) is 0 Å². The van der Waals surface area contributed by atoms with Crippen molar-refractivity contribution >= 4 is 40.4 Å². The number of hydrogen-bond donors (Lipinski definition) is 1. The number of nitrogens with one attached hydrogen (secondary N) is 1. The highest BCUT2D eigenvalue weighted by Gasteiger charge is 2.11. The number of carbonyl (C=O) groups excluding carboxylic acids is 1. The molecule has 1 unspecified atom stereocenters. The van der Waals surface area contributed by atoms with Crippen LogP contribution in [0.1, 0.15) is 16.1 Å². The van der Waals surface area contributed by atoms with Gasteiger partial charge in [-0.05, 0) is 17.9 Å². The predicted molar refractivity (Wildman–Crippen MR) is 67.8 cm³/mol. The van der Waals surface area contributed by atoms with Crippen LogP contribution in [-0.4, -0.2) is 31.5 Å². The molecule has 90 valence electrons. The highest BCUT2D eigenvalue weighted by Crippen LogP contribution is 2.21. The zero-order valence-corrected chi connectivity index (χ0v) is 11.2. The van der Waals surface area contributed by atoms with Gasteiger partial charge in [0.2, 0.25) is 0 Å². The minimum Gasteiger partial charge on any atom is -0.383 e. The summed E-state index contributed by atoms with van der Waals surface area (Å²) in [5.41, 5.74) is 0. The first-order chi connectivity index (χ1) is 7.65. The molecule has 0 spiro atoms. The Hall–Kier alpha value is -0.290. The second kappa shape index (κ2) is 7.12. The molecule has 1 rings (SSSR count). The van der Waals surface area contributed by atoms with Crippen LogP contribution < -0.4 is 5.32 Å². The molecule has 0 aliphatic carbocycles. The van der Waals surface area contributed by atoms with Crippen molar-refractivity contribution in [3.05, 3.63) is 21.3 Å². The third-order valence-corrected chi connectivity index (χ3v) is 3.60. The number of ether oxygens (including phenoxy) is 1. The maximum absolute atomic E-state index is 11.6. The van der Waals surface area contributed by atoms with Crippen molar-refractivity contribution in [2.75, 3.05) is 20.3 Å². The van der Waals surface area contributed by atoms with Crippen molar-refractivity contribution in [3.8, 4) is 0 Å². The molecular formula is C10H13Cl2NO2S. The van der Waals surface area contributed by atoms with E-state index in [4.69, 9.17) is 27.9 Å². The van der Waals surface area contributed by atoms with Crippen molar-refractivity contribution < 1.29 is 9.53 Å². The van der Waals surface area contributed by atoms with Gasteiger partial charge in [-0.15, -0.1) is 22.9 Å². The molecule has 0 bridgehead atoms. The zero-order chi connectivity index (χ0) is 12.0. The molecule has 6 heteroatoms. The SMILES string of the molecule is COCC(Cl)CCNC(=O)c1sccc1Cl. The molecule has 1 atom stereocenters. The Kier molecular flexibility index (Phi) is 6.13. The number of carbonyl (C=O) groups is 1. The first-order valence-electron chi connectivity index (χ1n) is 4.79. The minimum atomic E-state index is -0.152. The molecule has 0 aliphatic heterocycles. The van der Waals surface area contributed by atoms with Gasteiger partial charge in [0.05, 0.1) is 17.0 Å². The third-order valence-electron chi connectivity index (χ3n) is 1.91. The van der Waals surface area contributed by atoms with Gasteiger partial charge in [0.1, 0.15) is 4.88 Å². The molecule has 0 aliphatic rings. The minimum absolute atomic E-state index is 0.0795. The number of rotatable bonds is 6. The summed E-state index contributed by atoms with van der Waals surface area (Å²) >= 11 is 13.1. The van der Waals surface area contributed by atoms with E-state index >= 15 is 0 Å². The lowest BCUT2D eigenvalue weighted by Crippen LogP contribution is -2.26. The van der Waals surface area contributed by atoms with E-state index in [0.29, 0.717) is 29.5 Å². The summed E-state index contributed by atoms with van der Waals surface area (Å²) < 4.78 is 4.89. The molecule has 1 aromatic heterocycles. The maximum atomic E-state index is 11.6. The number of hydrogen-bond acceptors (Lipinski definition) is 3.